The maximum absolute atomic E-state index is 15.5. The second-order valence-electron chi connectivity index (χ2n) is 25.4. The molecule has 0 bridgehead atoms. The average molecular weight is 1290 g/mol. The molecule has 9 aliphatic rings. The molecule has 6 fully saturated rings. The number of hydrogen-bond acceptors (Lipinski definition) is 18. The van der Waals surface area contributed by atoms with E-state index in [2.05, 4.69) is 31.4 Å². The van der Waals surface area contributed by atoms with Gasteiger partial charge in [-0.15, -0.1) is 0 Å². The summed E-state index contributed by atoms with van der Waals surface area (Å²) in [7, 11) is 0. The number of nitrogens with one attached hydrogen (secondary N) is 6. The van der Waals surface area contributed by atoms with E-state index in [1.807, 2.05) is 38.3 Å². The van der Waals surface area contributed by atoms with Crippen LogP contribution in [0.25, 0.3) is 11.4 Å². The molecule has 13 rings (SSSR count). The molecule has 0 aliphatic carbocycles. The number of fused-ring (bicyclic) bond motifs is 12. The average Bonchev–Trinajstić information content (AvgIpc) is 0.759. The van der Waals surface area contributed by atoms with Crippen LogP contribution in [0.15, 0.2) is 34.9 Å². The molecule has 4 aromatic rings. The lowest BCUT2D eigenvalue weighted by atomic mass is 9.62. The molecule has 3 aromatic carbocycles. The Morgan fingerprint density at radius 3 is 1.32 bits per heavy atom. The van der Waals surface area contributed by atoms with Crippen LogP contribution in [0.4, 0.5) is 62.2 Å². The Morgan fingerprint density at radius 2 is 0.946 bits per heavy atom. The van der Waals surface area contributed by atoms with Crippen LogP contribution in [-0.4, -0.2) is 131 Å². The van der Waals surface area contributed by atoms with Crippen molar-refractivity contribution < 1.29 is 92.7 Å². The number of benzene rings is 3. The number of carbonyl (C=O) groups excluding carboxylic acids is 11. The quantitative estimate of drug-likeness (QED) is 0.0808. The molecule has 9 aliphatic heterocycles. The minimum atomic E-state index is -4.79. The molecule has 3 spiro atoms. The van der Waals surface area contributed by atoms with Crippen LogP contribution in [-0.2, 0) is 52.8 Å². The van der Waals surface area contributed by atoms with Crippen LogP contribution in [0.1, 0.15) is 111 Å². The standard InChI is InChI=1S/C21H21F2N5O4.C20H19F4N3O5.C20H22FN3O4/c1-8-4-9(2)16-21(18(29)25-20(31)26-19(21)30)6-11-5-12(17-24-10(3)32-27-17)13(22)14(23)15(11)28(16)7-8;1-3-12-15-19(16(29)25-18(31)26-17(19)30)6-10-4-9(8(2)28)5-11(21)14(10)27(15)7-13(32-12)20(22,23)24;1-9-4-10(2)16-20(17(26)22-19(28)23-18(20)27)7-13-5-12(11(3)25)6-14(21)15(13)24(16)8-9/h5,8-9,16H,4,6-7H2,1-3H3,(H2,25,26,29,30,31);4-5,12-13,15H,3,6-7H2,1-2H3,(H2,25,26,29,30,31);5-6,9-10,16H,4,7-8H2,1-3H3,(H2,22,23,26,27,28)/t8-,9+,16+;12-,13-,15+;9-,10+,16+/m000/s1. The van der Waals surface area contributed by atoms with Crippen molar-refractivity contribution in [3.63, 3.8) is 0 Å². The minimum Gasteiger partial charge on any atom is -0.364 e. The number of piperidine rings is 2. The summed E-state index contributed by atoms with van der Waals surface area (Å²) in [6, 6.07) is 0.851. The van der Waals surface area contributed by atoms with E-state index >= 15 is 17.6 Å². The van der Waals surface area contributed by atoms with E-state index in [-0.39, 0.29) is 99.6 Å². The van der Waals surface area contributed by atoms with Crippen molar-refractivity contribution in [3.05, 3.63) is 87.3 Å². The van der Waals surface area contributed by atoms with Gasteiger partial charge in [0.25, 0.3) is 0 Å². The summed E-state index contributed by atoms with van der Waals surface area (Å²) in [5, 5.41) is 16.5. The molecule has 6 N–H and O–H groups in total. The smallest absolute Gasteiger partial charge is 0.364 e. The summed E-state index contributed by atoms with van der Waals surface area (Å²) in [5.41, 5.74) is -4.53. The fourth-order valence-corrected chi connectivity index (χ4v) is 15.8. The third-order valence-corrected chi connectivity index (χ3v) is 19.2. The molecule has 6 saturated heterocycles. The van der Waals surface area contributed by atoms with E-state index in [0.717, 1.165) is 17.4 Å². The van der Waals surface area contributed by atoms with Gasteiger partial charge in [-0.25, -0.2) is 31.9 Å². The predicted octanol–water partition coefficient (Wildman–Crippen LogP) is 5.72. The SMILES string of the molecule is CC(=O)c1cc(F)c2c(c1)CC1(C(=O)NC(=O)NC1=O)[C@H]1[C@H](C)C[C@H](C)CN21.CC[C@@H]1O[C@H](C(F)(F)F)CN2c3c(F)cc(C(C)=O)cc3CC3(C(=O)NC(=O)NC3=O)[C@@H]12.Cc1nc(-c2cc3c(c(F)c2F)N2C[C@@H](C)C[C@@H](C)[C@@H]2C2(C3)C(=O)NC(=O)NC2=O)no1. The Balaban J connectivity index is 0.000000142. The van der Waals surface area contributed by atoms with Crippen molar-refractivity contribution in [2.75, 3.05) is 34.3 Å². The van der Waals surface area contributed by atoms with Gasteiger partial charge >= 0.3 is 24.3 Å². The summed E-state index contributed by atoms with van der Waals surface area (Å²) >= 11 is 0. The lowest BCUT2D eigenvalue weighted by Crippen LogP contribution is -2.76. The minimum absolute atomic E-state index is 0.0174. The van der Waals surface area contributed by atoms with E-state index in [1.165, 1.54) is 45.9 Å². The highest BCUT2D eigenvalue weighted by Crippen LogP contribution is 2.54. The molecule has 9 atom stereocenters. The van der Waals surface area contributed by atoms with Gasteiger partial charge in [0.05, 0.1) is 53.4 Å². The van der Waals surface area contributed by atoms with Gasteiger partial charge in [0.1, 0.15) is 11.6 Å². The maximum atomic E-state index is 15.5. The van der Waals surface area contributed by atoms with Crippen LogP contribution >= 0.6 is 0 Å². The number of rotatable bonds is 4. The van der Waals surface area contributed by atoms with Gasteiger partial charge in [0, 0.05) is 37.6 Å². The Morgan fingerprint density at radius 1 is 0.565 bits per heavy atom. The summed E-state index contributed by atoms with van der Waals surface area (Å²) in [6.07, 6.45) is -7.60. The first-order valence-electron chi connectivity index (χ1n) is 29.7. The number of aryl methyl sites for hydroxylation is 1. The molecule has 10 heterocycles. The van der Waals surface area contributed by atoms with Gasteiger partial charge in [-0.2, -0.15) is 18.2 Å². The number of alkyl halides is 3. The molecule has 0 unspecified atom stereocenters. The summed E-state index contributed by atoms with van der Waals surface area (Å²) < 4.78 is 112. The summed E-state index contributed by atoms with van der Waals surface area (Å²) in [4.78, 5) is 146. The first-order valence-corrected chi connectivity index (χ1v) is 29.7. The number of Topliss-reactive ketones (excluding diaryl/α,β-unsaturated/α-hetero) is 2. The molecule has 24 nitrogen and oxygen atoms in total. The van der Waals surface area contributed by atoms with E-state index in [1.54, 1.807) is 15.9 Å². The highest BCUT2D eigenvalue weighted by Gasteiger charge is 2.67. The van der Waals surface area contributed by atoms with Crippen LogP contribution in [0.5, 0.6) is 0 Å². The largest absolute Gasteiger partial charge is 0.416 e. The van der Waals surface area contributed by atoms with Crippen LogP contribution < -0.4 is 46.6 Å². The number of barbiturate groups is 3. The molecule has 488 valence electrons. The highest BCUT2D eigenvalue weighted by atomic mass is 19.4. The van der Waals surface area contributed by atoms with E-state index in [9.17, 15) is 65.9 Å². The van der Waals surface area contributed by atoms with Gasteiger partial charge < -0.3 is 24.0 Å². The Bertz CT molecular complexity index is 3870. The number of hydrogen-bond donors (Lipinski definition) is 6. The van der Waals surface area contributed by atoms with Crippen molar-refractivity contribution in [1.82, 2.24) is 42.0 Å². The van der Waals surface area contributed by atoms with Gasteiger partial charge in [0.15, 0.2) is 45.5 Å². The molecular weight excluding hydrogens is 1230 g/mol. The third kappa shape index (κ3) is 10.2. The zero-order valence-corrected chi connectivity index (χ0v) is 50.6. The van der Waals surface area contributed by atoms with Gasteiger partial charge in [0.2, 0.25) is 47.2 Å². The molecule has 0 saturated carbocycles. The second kappa shape index (κ2) is 22.9. The number of ether oxygens (including phenoxy) is 1. The maximum Gasteiger partial charge on any atom is 0.416 e. The zero-order chi connectivity index (χ0) is 66.9. The number of nitrogens with zero attached hydrogens (tertiary/aromatic N) is 5. The summed E-state index contributed by atoms with van der Waals surface area (Å²) in [6.45, 7) is 13.3. The number of ketones is 2. The van der Waals surface area contributed by atoms with Crippen LogP contribution in [0.2, 0.25) is 0 Å². The van der Waals surface area contributed by atoms with Gasteiger partial charge in [-0.1, -0.05) is 39.8 Å². The first-order chi connectivity index (χ1) is 43.2. The van der Waals surface area contributed by atoms with Crippen molar-refractivity contribution in [3.8, 4) is 11.4 Å². The molecule has 0 radical (unpaired) electrons. The number of anilines is 3. The van der Waals surface area contributed by atoms with Crippen LogP contribution in [0, 0.1) is 70.1 Å². The lowest BCUT2D eigenvalue weighted by Gasteiger charge is -2.56. The molecule has 1 aromatic heterocycles. The number of aromatic nitrogens is 2. The molecule has 12 amide bonds. The fourth-order valence-electron chi connectivity index (χ4n) is 15.8. The Kier molecular flexibility index (Phi) is 16.0. The number of halogens is 7. The number of carbonyl (C=O) groups is 11. The van der Waals surface area contributed by atoms with Crippen molar-refractivity contribution >= 4 is 82.2 Å². The normalized spacial score (nSPS) is 27.2. The van der Waals surface area contributed by atoms with Crippen molar-refractivity contribution in [2.24, 2.45) is 39.9 Å². The van der Waals surface area contributed by atoms with Crippen molar-refractivity contribution in [1.29, 1.82) is 0 Å². The van der Waals surface area contributed by atoms with E-state index in [0.29, 0.717) is 30.8 Å². The Hall–Kier alpha value is -9.16. The van der Waals surface area contributed by atoms with E-state index in [4.69, 9.17) is 9.26 Å². The molecule has 31 heteroatoms. The zero-order valence-electron chi connectivity index (χ0n) is 50.6. The molecular formula is C61H62F7N11O13. The number of amides is 12. The van der Waals surface area contributed by atoms with Gasteiger partial charge in [-0.3, -0.25) is 70.3 Å². The topological polar surface area (TPSA) is 318 Å². The lowest BCUT2D eigenvalue weighted by molar-refractivity contribution is -0.245. The monoisotopic (exact) mass is 1290 g/mol. The fraction of sp³-hybridized carbons (Fsp3) is 0.492. The number of urea groups is 3. The van der Waals surface area contributed by atoms with Crippen molar-refractivity contribution in [2.45, 2.75) is 130 Å². The molecule has 92 heavy (non-hydrogen) atoms. The Labute approximate surface area is 518 Å². The number of morpholine rings is 1. The number of imide groups is 6. The second-order valence-corrected chi connectivity index (χ2v) is 25.4. The highest BCUT2D eigenvalue weighted by molar-refractivity contribution is 6.22. The third-order valence-electron chi connectivity index (χ3n) is 19.2. The first kappa shape index (κ1) is 64.4. The van der Waals surface area contributed by atoms with Crippen LogP contribution in [0.3, 0.4) is 0 Å². The van der Waals surface area contributed by atoms with Gasteiger partial charge in [-0.05, 0) is 117 Å². The predicted molar refractivity (Wildman–Crippen MR) is 305 cm³/mol. The summed E-state index contributed by atoms with van der Waals surface area (Å²) in [5.74, 6) is -9.24. The van der Waals surface area contributed by atoms with E-state index < -0.39 is 148 Å².